The summed E-state index contributed by atoms with van der Waals surface area (Å²) in [5, 5.41) is 11.5. The molecule has 2 rings (SSSR count). The average molecular weight is 227 g/mol. The fraction of sp³-hybridized carbons (Fsp3) is 0.600. The van der Waals surface area contributed by atoms with E-state index < -0.39 is 0 Å². The lowest BCUT2D eigenvalue weighted by molar-refractivity contribution is 0.410. The van der Waals surface area contributed by atoms with Crippen molar-refractivity contribution in [1.82, 2.24) is 10.2 Å². The summed E-state index contributed by atoms with van der Waals surface area (Å²) in [4.78, 5) is 0. The molecule has 0 aromatic carbocycles. The van der Waals surface area contributed by atoms with Gasteiger partial charge in [-0.05, 0) is 37.8 Å². The Morgan fingerprint density at radius 1 is 1.20 bits per heavy atom. The molecule has 0 bridgehead atoms. The standard InChI is InChI=1S/C10H15ClN4/c11-9-5-6-10(15-14-9)13-8-3-1-7(12)2-4-8/h5-8H,1-4,12H2,(H,13,15). The number of nitrogens with zero attached hydrogens (tertiary/aromatic N) is 2. The van der Waals surface area contributed by atoms with Crippen molar-refractivity contribution in [1.29, 1.82) is 0 Å². The van der Waals surface area contributed by atoms with Gasteiger partial charge < -0.3 is 11.1 Å². The molecule has 0 saturated heterocycles. The molecule has 0 atom stereocenters. The van der Waals surface area contributed by atoms with Crippen LogP contribution in [-0.4, -0.2) is 22.3 Å². The summed E-state index contributed by atoms with van der Waals surface area (Å²) >= 11 is 5.66. The van der Waals surface area contributed by atoms with Crippen molar-refractivity contribution in [3.63, 3.8) is 0 Å². The highest BCUT2D eigenvalue weighted by molar-refractivity contribution is 6.29. The Balaban J connectivity index is 1.89. The van der Waals surface area contributed by atoms with E-state index in [9.17, 15) is 0 Å². The van der Waals surface area contributed by atoms with E-state index in [0.29, 0.717) is 17.2 Å². The van der Waals surface area contributed by atoms with Crippen LogP contribution in [0.25, 0.3) is 0 Å². The van der Waals surface area contributed by atoms with Crippen molar-refractivity contribution >= 4 is 17.4 Å². The minimum atomic E-state index is 0.374. The number of nitrogens with two attached hydrogens (primary N) is 1. The first-order valence-corrected chi connectivity index (χ1v) is 5.63. The normalized spacial score (nSPS) is 26.3. The van der Waals surface area contributed by atoms with Crippen LogP contribution in [0.3, 0.4) is 0 Å². The summed E-state index contributed by atoms with van der Waals surface area (Å²) in [6.45, 7) is 0. The van der Waals surface area contributed by atoms with Crippen molar-refractivity contribution in [2.24, 2.45) is 5.73 Å². The van der Waals surface area contributed by atoms with Crippen LogP contribution in [0.2, 0.25) is 5.15 Å². The van der Waals surface area contributed by atoms with Crippen LogP contribution in [0, 0.1) is 0 Å². The molecular formula is C10H15ClN4. The summed E-state index contributed by atoms with van der Waals surface area (Å²) in [5.41, 5.74) is 5.84. The Morgan fingerprint density at radius 2 is 1.93 bits per heavy atom. The van der Waals surface area contributed by atoms with Crippen LogP contribution in [0.5, 0.6) is 0 Å². The third kappa shape index (κ3) is 3.04. The molecule has 82 valence electrons. The predicted molar refractivity (Wildman–Crippen MR) is 60.9 cm³/mol. The van der Waals surface area contributed by atoms with Gasteiger partial charge in [0.05, 0.1) is 0 Å². The molecule has 15 heavy (non-hydrogen) atoms. The minimum Gasteiger partial charge on any atom is -0.366 e. The van der Waals surface area contributed by atoms with Crippen LogP contribution in [0.1, 0.15) is 25.7 Å². The molecule has 0 radical (unpaired) electrons. The Kier molecular flexibility index (Phi) is 3.38. The monoisotopic (exact) mass is 226 g/mol. The molecule has 4 nitrogen and oxygen atoms in total. The average Bonchev–Trinajstić information content (AvgIpc) is 2.25. The summed E-state index contributed by atoms with van der Waals surface area (Å²) < 4.78 is 0. The molecule has 1 aromatic heterocycles. The molecule has 1 aliphatic carbocycles. The molecule has 1 aromatic rings. The number of anilines is 1. The number of rotatable bonds is 2. The largest absolute Gasteiger partial charge is 0.366 e. The fourth-order valence-electron chi connectivity index (χ4n) is 1.87. The molecule has 0 unspecified atom stereocenters. The minimum absolute atomic E-state index is 0.374. The van der Waals surface area contributed by atoms with E-state index in [1.165, 1.54) is 0 Å². The van der Waals surface area contributed by atoms with E-state index >= 15 is 0 Å². The molecule has 1 saturated carbocycles. The van der Waals surface area contributed by atoms with E-state index in [4.69, 9.17) is 17.3 Å². The maximum absolute atomic E-state index is 5.84. The van der Waals surface area contributed by atoms with Gasteiger partial charge in [-0.15, -0.1) is 10.2 Å². The lowest BCUT2D eigenvalue weighted by Crippen LogP contribution is -2.33. The quantitative estimate of drug-likeness (QED) is 0.808. The molecular weight excluding hydrogens is 212 g/mol. The topological polar surface area (TPSA) is 63.8 Å². The van der Waals surface area contributed by atoms with Crippen molar-refractivity contribution in [3.05, 3.63) is 17.3 Å². The Labute approximate surface area is 94.2 Å². The third-order valence-corrected chi connectivity index (χ3v) is 2.96. The smallest absolute Gasteiger partial charge is 0.151 e. The van der Waals surface area contributed by atoms with Crippen molar-refractivity contribution in [2.45, 2.75) is 37.8 Å². The van der Waals surface area contributed by atoms with Crippen molar-refractivity contribution < 1.29 is 0 Å². The summed E-state index contributed by atoms with van der Waals surface area (Å²) in [6.07, 6.45) is 4.37. The van der Waals surface area contributed by atoms with Gasteiger partial charge in [0.2, 0.25) is 0 Å². The van der Waals surface area contributed by atoms with E-state index in [0.717, 1.165) is 31.5 Å². The maximum Gasteiger partial charge on any atom is 0.151 e. The van der Waals surface area contributed by atoms with Gasteiger partial charge in [-0.3, -0.25) is 0 Å². The first-order valence-electron chi connectivity index (χ1n) is 5.25. The number of halogens is 1. The molecule has 3 N–H and O–H groups in total. The number of nitrogens with one attached hydrogen (secondary N) is 1. The van der Waals surface area contributed by atoms with E-state index in [1.54, 1.807) is 6.07 Å². The van der Waals surface area contributed by atoms with Gasteiger partial charge in [-0.25, -0.2) is 0 Å². The van der Waals surface area contributed by atoms with Crippen molar-refractivity contribution in [2.75, 3.05) is 5.32 Å². The number of hydrogen-bond acceptors (Lipinski definition) is 4. The summed E-state index contributed by atoms with van der Waals surface area (Å²) in [5.74, 6) is 0.792. The van der Waals surface area contributed by atoms with Gasteiger partial charge in [-0.2, -0.15) is 0 Å². The second-order valence-electron chi connectivity index (χ2n) is 4.00. The zero-order valence-corrected chi connectivity index (χ0v) is 9.24. The van der Waals surface area contributed by atoms with Crippen LogP contribution < -0.4 is 11.1 Å². The Bertz CT molecular complexity index is 306. The zero-order chi connectivity index (χ0) is 10.7. The SMILES string of the molecule is NC1CCC(Nc2ccc(Cl)nn2)CC1. The van der Waals surface area contributed by atoms with Gasteiger partial charge in [0.25, 0.3) is 0 Å². The molecule has 1 aliphatic rings. The highest BCUT2D eigenvalue weighted by atomic mass is 35.5. The first-order chi connectivity index (χ1) is 7.24. The van der Waals surface area contributed by atoms with Crippen molar-refractivity contribution in [3.8, 4) is 0 Å². The second-order valence-corrected chi connectivity index (χ2v) is 4.38. The molecule has 0 amide bonds. The Morgan fingerprint density at radius 3 is 2.53 bits per heavy atom. The fourth-order valence-corrected chi connectivity index (χ4v) is 1.97. The van der Waals surface area contributed by atoms with Gasteiger partial charge >= 0.3 is 0 Å². The number of hydrogen-bond donors (Lipinski definition) is 2. The third-order valence-electron chi connectivity index (χ3n) is 2.76. The van der Waals surface area contributed by atoms with E-state index in [1.807, 2.05) is 6.07 Å². The highest BCUT2D eigenvalue weighted by Gasteiger charge is 2.18. The molecule has 1 fully saturated rings. The molecule has 5 heteroatoms. The molecule has 1 heterocycles. The van der Waals surface area contributed by atoms with Gasteiger partial charge in [0.15, 0.2) is 5.15 Å². The zero-order valence-electron chi connectivity index (χ0n) is 8.49. The lowest BCUT2D eigenvalue weighted by Gasteiger charge is -2.26. The number of aromatic nitrogens is 2. The van der Waals surface area contributed by atoms with Crippen LogP contribution in [-0.2, 0) is 0 Å². The predicted octanol–water partition coefficient (Wildman–Crippen LogP) is 1.81. The molecule has 0 spiro atoms. The van der Waals surface area contributed by atoms with Gasteiger partial charge in [-0.1, -0.05) is 11.6 Å². The second kappa shape index (κ2) is 4.77. The van der Waals surface area contributed by atoms with Crippen LogP contribution in [0.4, 0.5) is 5.82 Å². The summed E-state index contributed by atoms with van der Waals surface area (Å²) in [6, 6.07) is 4.44. The lowest BCUT2D eigenvalue weighted by atomic mass is 9.92. The maximum atomic E-state index is 5.84. The highest BCUT2D eigenvalue weighted by Crippen LogP contribution is 2.20. The van der Waals surface area contributed by atoms with E-state index in [2.05, 4.69) is 15.5 Å². The van der Waals surface area contributed by atoms with Gasteiger partial charge in [0, 0.05) is 12.1 Å². The first kappa shape index (κ1) is 10.6. The molecule has 0 aliphatic heterocycles. The Hall–Kier alpha value is -0.870. The van der Waals surface area contributed by atoms with Gasteiger partial charge in [0.1, 0.15) is 5.82 Å². The summed E-state index contributed by atoms with van der Waals surface area (Å²) in [7, 11) is 0. The van der Waals surface area contributed by atoms with Crippen LogP contribution in [0.15, 0.2) is 12.1 Å². The van der Waals surface area contributed by atoms with E-state index in [-0.39, 0.29) is 0 Å². The van der Waals surface area contributed by atoms with Crippen LogP contribution >= 0.6 is 11.6 Å².